The monoisotopic (exact) mass is 326 g/mol. The quantitative estimate of drug-likeness (QED) is 0.686. The van der Waals surface area contributed by atoms with Crippen LogP contribution in [-0.2, 0) is 5.60 Å². The molecule has 3 aromatic rings. The second-order valence-corrected chi connectivity index (χ2v) is 6.89. The largest absolute Gasteiger partial charge is 0.380 e. The van der Waals surface area contributed by atoms with Crippen LogP contribution in [-0.4, -0.2) is 5.11 Å². The summed E-state index contributed by atoms with van der Waals surface area (Å²) in [4.78, 5) is 0. The summed E-state index contributed by atoms with van der Waals surface area (Å²) in [5, 5.41) is 11.7. The van der Waals surface area contributed by atoms with Gasteiger partial charge in [0.2, 0.25) is 0 Å². The van der Waals surface area contributed by atoms with E-state index in [1.165, 1.54) is 16.7 Å². The molecule has 1 saturated carbocycles. The molecule has 3 aromatic carbocycles. The molecule has 1 fully saturated rings. The Kier molecular flexibility index (Phi) is 4.03. The van der Waals surface area contributed by atoms with Gasteiger partial charge in [0.1, 0.15) is 5.60 Å². The maximum absolute atomic E-state index is 11.7. The highest BCUT2D eigenvalue weighted by atomic mass is 16.3. The van der Waals surface area contributed by atoms with E-state index in [1.54, 1.807) is 0 Å². The summed E-state index contributed by atoms with van der Waals surface area (Å²) in [5.41, 5.74) is 4.71. The van der Waals surface area contributed by atoms with E-state index in [4.69, 9.17) is 0 Å². The smallest absolute Gasteiger partial charge is 0.121 e. The summed E-state index contributed by atoms with van der Waals surface area (Å²) < 4.78 is 0. The van der Waals surface area contributed by atoms with Crippen molar-refractivity contribution in [1.29, 1.82) is 0 Å². The molecule has 1 aliphatic rings. The fourth-order valence-electron chi connectivity index (χ4n) is 3.58. The zero-order valence-corrected chi connectivity index (χ0v) is 14.4. The fourth-order valence-corrected chi connectivity index (χ4v) is 3.58. The maximum Gasteiger partial charge on any atom is 0.121 e. The Morgan fingerprint density at radius 3 is 1.84 bits per heavy atom. The summed E-state index contributed by atoms with van der Waals surface area (Å²) >= 11 is 0. The van der Waals surface area contributed by atoms with Gasteiger partial charge < -0.3 is 5.11 Å². The molecule has 1 aliphatic carbocycles. The number of rotatable bonds is 4. The van der Waals surface area contributed by atoms with Gasteiger partial charge in [-0.05, 0) is 30.0 Å². The molecular weight excluding hydrogens is 304 g/mol. The average molecular weight is 326 g/mol. The van der Waals surface area contributed by atoms with Crippen molar-refractivity contribution in [2.75, 3.05) is 0 Å². The molecule has 0 saturated heterocycles. The highest BCUT2D eigenvalue weighted by molar-refractivity contribution is 5.60. The minimum atomic E-state index is -0.973. The van der Waals surface area contributed by atoms with E-state index >= 15 is 0 Å². The van der Waals surface area contributed by atoms with Gasteiger partial charge >= 0.3 is 0 Å². The van der Waals surface area contributed by atoms with Crippen LogP contribution < -0.4 is 0 Å². The average Bonchev–Trinajstić information content (AvgIpc) is 3.44. The predicted molar refractivity (Wildman–Crippen MR) is 103 cm³/mol. The van der Waals surface area contributed by atoms with Gasteiger partial charge in [0.15, 0.2) is 0 Å². The Morgan fingerprint density at radius 2 is 1.32 bits per heavy atom. The van der Waals surface area contributed by atoms with Crippen LogP contribution >= 0.6 is 0 Å². The van der Waals surface area contributed by atoms with Gasteiger partial charge in [-0.1, -0.05) is 102 Å². The zero-order chi connectivity index (χ0) is 17.3. The number of aliphatic hydroxyl groups is 1. The first-order valence-corrected chi connectivity index (χ1v) is 8.78. The van der Waals surface area contributed by atoms with Gasteiger partial charge in [0.25, 0.3) is 0 Å². The summed E-state index contributed by atoms with van der Waals surface area (Å²) in [6, 6.07) is 28.6. The third-order valence-corrected chi connectivity index (χ3v) is 5.09. The van der Waals surface area contributed by atoms with Crippen molar-refractivity contribution in [3.63, 3.8) is 0 Å². The van der Waals surface area contributed by atoms with Crippen molar-refractivity contribution in [3.8, 4) is 0 Å². The van der Waals surface area contributed by atoms with Gasteiger partial charge in [-0.15, -0.1) is 0 Å². The number of benzene rings is 3. The highest BCUT2D eigenvalue weighted by Gasteiger charge is 2.49. The number of aryl methyl sites for hydroxylation is 1. The molecule has 0 aliphatic heterocycles. The van der Waals surface area contributed by atoms with Crippen LogP contribution in [0.25, 0.3) is 6.08 Å². The minimum absolute atomic E-state index is 0.124. The molecule has 0 radical (unpaired) electrons. The lowest BCUT2D eigenvalue weighted by atomic mass is 9.82. The van der Waals surface area contributed by atoms with Crippen molar-refractivity contribution < 1.29 is 5.11 Å². The van der Waals surface area contributed by atoms with Crippen molar-refractivity contribution in [1.82, 2.24) is 0 Å². The molecule has 1 N–H and O–H groups in total. The summed E-state index contributed by atoms with van der Waals surface area (Å²) in [7, 11) is 0. The van der Waals surface area contributed by atoms with E-state index < -0.39 is 5.60 Å². The molecule has 0 heterocycles. The lowest BCUT2D eigenvalue weighted by Crippen LogP contribution is -2.30. The van der Waals surface area contributed by atoms with Crippen molar-refractivity contribution in [3.05, 3.63) is 113 Å². The minimum Gasteiger partial charge on any atom is -0.380 e. The van der Waals surface area contributed by atoms with Crippen LogP contribution in [0.4, 0.5) is 0 Å². The van der Waals surface area contributed by atoms with Gasteiger partial charge in [0, 0.05) is 5.92 Å². The van der Waals surface area contributed by atoms with Crippen LogP contribution in [0.1, 0.15) is 28.7 Å². The van der Waals surface area contributed by atoms with Crippen molar-refractivity contribution >= 4 is 6.08 Å². The molecule has 1 unspecified atom stereocenters. The van der Waals surface area contributed by atoms with Crippen molar-refractivity contribution in [2.45, 2.75) is 18.9 Å². The first kappa shape index (κ1) is 15.9. The number of hydrogen-bond donors (Lipinski definition) is 1. The van der Waals surface area contributed by atoms with E-state index in [0.717, 1.165) is 17.5 Å². The molecule has 1 nitrogen and oxygen atoms in total. The van der Waals surface area contributed by atoms with E-state index in [-0.39, 0.29) is 5.92 Å². The molecule has 0 spiro atoms. The first-order chi connectivity index (χ1) is 12.2. The topological polar surface area (TPSA) is 20.2 Å². The Balaban J connectivity index is 1.72. The van der Waals surface area contributed by atoms with E-state index in [2.05, 4.69) is 37.3 Å². The molecular formula is C24H22O. The molecule has 0 bridgehead atoms. The molecule has 1 heteroatoms. The Morgan fingerprint density at radius 1 is 0.800 bits per heavy atom. The fraction of sp³-hybridized carbons (Fsp3) is 0.167. The second kappa shape index (κ2) is 6.34. The molecule has 0 amide bonds. The first-order valence-electron chi connectivity index (χ1n) is 8.78. The van der Waals surface area contributed by atoms with Crippen LogP contribution in [0.5, 0.6) is 0 Å². The molecule has 4 rings (SSSR count). The van der Waals surface area contributed by atoms with E-state index in [0.29, 0.717) is 0 Å². The standard InChI is InChI=1S/C24H22O/c1-18-12-14-19(15-13-18)16-20-17-23(20)24(25,21-8-4-2-5-9-21)22-10-6-3-7-11-22/h2-16,23,25H,17H2,1H3/b20-16-. The van der Waals surface area contributed by atoms with Gasteiger partial charge in [-0.25, -0.2) is 0 Å². The normalized spacial score (nSPS) is 18.3. The maximum atomic E-state index is 11.7. The van der Waals surface area contributed by atoms with Gasteiger partial charge in [-0.3, -0.25) is 0 Å². The lowest BCUT2D eigenvalue weighted by Gasteiger charge is -2.29. The summed E-state index contributed by atoms with van der Waals surface area (Å²) in [6.07, 6.45) is 3.15. The number of hydrogen-bond acceptors (Lipinski definition) is 1. The van der Waals surface area contributed by atoms with Gasteiger partial charge in [0.05, 0.1) is 0 Å². The molecule has 124 valence electrons. The third-order valence-electron chi connectivity index (χ3n) is 5.09. The van der Waals surface area contributed by atoms with E-state index in [9.17, 15) is 5.11 Å². The van der Waals surface area contributed by atoms with Gasteiger partial charge in [-0.2, -0.15) is 0 Å². The molecule has 25 heavy (non-hydrogen) atoms. The molecule has 0 aromatic heterocycles. The summed E-state index contributed by atoms with van der Waals surface area (Å²) in [6.45, 7) is 2.10. The van der Waals surface area contributed by atoms with Crippen LogP contribution in [0.2, 0.25) is 0 Å². The van der Waals surface area contributed by atoms with Crippen molar-refractivity contribution in [2.24, 2.45) is 5.92 Å². The van der Waals surface area contributed by atoms with Crippen LogP contribution in [0, 0.1) is 12.8 Å². The third kappa shape index (κ3) is 3.04. The summed E-state index contributed by atoms with van der Waals surface area (Å²) in [5.74, 6) is 0.124. The Hall–Kier alpha value is -2.64. The second-order valence-electron chi connectivity index (χ2n) is 6.89. The van der Waals surface area contributed by atoms with Crippen LogP contribution in [0.3, 0.4) is 0 Å². The van der Waals surface area contributed by atoms with Crippen LogP contribution in [0.15, 0.2) is 90.5 Å². The highest BCUT2D eigenvalue weighted by Crippen LogP contribution is 2.54. The SMILES string of the molecule is Cc1ccc(/C=C2/CC2C(O)(c2ccccc2)c2ccccc2)cc1. The predicted octanol–water partition coefficient (Wildman–Crippen LogP) is 5.33. The molecule has 1 atom stereocenters. The zero-order valence-electron chi connectivity index (χ0n) is 14.4. The van der Waals surface area contributed by atoms with E-state index in [1.807, 2.05) is 60.7 Å². The Bertz CT molecular complexity index is 837. The lowest BCUT2D eigenvalue weighted by molar-refractivity contribution is 0.0612. The Labute approximate surface area is 149 Å².